The molecule has 0 spiro atoms. The lowest BCUT2D eigenvalue weighted by atomic mass is 9.82. The van der Waals surface area contributed by atoms with Crippen LogP contribution in [0.4, 0.5) is 0 Å². The molecule has 1 fully saturated rings. The predicted octanol–water partition coefficient (Wildman–Crippen LogP) is 2.06. The van der Waals surface area contributed by atoms with Crippen LogP contribution in [0, 0.1) is 11.8 Å². The summed E-state index contributed by atoms with van der Waals surface area (Å²) in [5.74, 6) is -1.38. The molecule has 0 aromatic heterocycles. The molecule has 0 aromatic rings. The molecule has 1 saturated heterocycles. The lowest BCUT2D eigenvalue weighted by Crippen LogP contribution is -2.33. The zero-order valence-corrected chi connectivity index (χ0v) is 15.4. The minimum atomic E-state index is -0.844. The molecule has 0 radical (unpaired) electrons. The quantitative estimate of drug-likeness (QED) is 0.451. The van der Waals surface area contributed by atoms with Gasteiger partial charge in [0.15, 0.2) is 0 Å². The van der Waals surface area contributed by atoms with Crippen LogP contribution in [0.1, 0.15) is 39.5 Å². The van der Waals surface area contributed by atoms with Gasteiger partial charge in [-0.1, -0.05) is 18.7 Å². The van der Waals surface area contributed by atoms with Gasteiger partial charge in [0.1, 0.15) is 6.10 Å². The van der Waals surface area contributed by atoms with Crippen molar-refractivity contribution in [1.29, 1.82) is 0 Å². The summed E-state index contributed by atoms with van der Waals surface area (Å²) in [6, 6.07) is 0. The lowest BCUT2D eigenvalue weighted by Gasteiger charge is -2.28. The zero-order chi connectivity index (χ0) is 19.3. The van der Waals surface area contributed by atoms with E-state index in [1.54, 1.807) is 19.9 Å². The maximum atomic E-state index is 11.9. The minimum absolute atomic E-state index is 0.0173. The summed E-state index contributed by atoms with van der Waals surface area (Å²) in [6.07, 6.45) is 4.48. The van der Waals surface area contributed by atoms with Gasteiger partial charge in [0, 0.05) is 11.1 Å². The molecule has 2 aliphatic rings. The Morgan fingerprint density at radius 3 is 2.88 bits per heavy atom. The Morgan fingerprint density at radius 2 is 2.23 bits per heavy atom. The van der Waals surface area contributed by atoms with Gasteiger partial charge < -0.3 is 19.7 Å². The number of hydrogen-bond donors (Lipinski definition) is 2. The molecule has 2 N–H and O–H groups in total. The number of hydrogen-bond acceptors (Lipinski definition) is 6. The number of carbonyl (C=O) groups excluding carboxylic acids is 2. The molecule has 2 rings (SSSR count). The Kier molecular flexibility index (Phi) is 7.17. The number of rotatable bonds is 4. The van der Waals surface area contributed by atoms with Crippen LogP contribution in [0.5, 0.6) is 0 Å². The number of allylic oxidation sites excluding steroid dienone is 2. The van der Waals surface area contributed by atoms with E-state index in [2.05, 4.69) is 6.58 Å². The summed E-state index contributed by atoms with van der Waals surface area (Å²) < 4.78 is 10.8. The van der Waals surface area contributed by atoms with Crippen LogP contribution in [-0.2, 0) is 19.1 Å². The molecule has 0 unspecified atom stereocenters. The Labute approximate surface area is 154 Å². The second-order valence-corrected chi connectivity index (χ2v) is 7.04. The largest absolute Gasteiger partial charge is 0.462 e. The van der Waals surface area contributed by atoms with Crippen molar-refractivity contribution in [2.24, 2.45) is 11.8 Å². The van der Waals surface area contributed by atoms with Crippen molar-refractivity contribution in [2.75, 3.05) is 13.2 Å². The van der Waals surface area contributed by atoms with Crippen molar-refractivity contribution < 1.29 is 29.3 Å². The number of fused-ring (bicyclic) bond motifs is 1. The zero-order valence-electron chi connectivity index (χ0n) is 15.4. The molecule has 0 amide bonds. The molecule has 4 atom stereocenters. The molecule has 1 heterocycles. The highest BCUT2D eigenvalue weighted by Gasteiger charge is 2.44. The molecule has 144 valence electrons. The van der Waals surface area contributed by atoms with E-state index in [1.165, 1.54) is 0 Å². The van der Waals surface area contributed by atoms with Gasteiger partial charge in [-0.25, -0.2) is 9.59 Å². The first-order chi connectivity index (χ1) is 12.4. The van der Waals surface area contributed by atoms with E-state index in [0.717, 1.165) is 12.0 Å². The fourth-order valence-corrected chi connectivity index (χ4v) is 3.48. The Balaban J connectivity index is 2.16. The summed E-state index contributed by atoms with van der Waals surface area (Å²) >= 11 is 0. The van der Waals surface area contributed by atoms with E-state index in [-0.39, 0.29) is 37.1 Å². The molecule has 0 bridgehead atoms. The highest BCUT2D eigenvalue weighted by atomic mass is 16.6. The van der Waals surface area contributed by atoms with E-state index in [1.807, 2.05) is 6.08 Å². The van der Waals surface area contributed by atoms with Crippen LogP contribution in [0.2, 0.25) is 0 Å². The summed E-state index contributed by atoms with van der Waals surface area (Å²) in [4.78, 5) is 23.8. The van der Waals surface area contributed by atoms with Gasteiger partial charge in [-0.2, -0.15) is 0 Å². The number of carbonyl (C=O) groups is 2. The van der Waals surface area contributed by atoms with Gasteiger partial charge in [-0.05, 0) is 51.0 Å². The Morgan fingerprint density at radius 1 is 1.50 bits per heavy atom. The highest BCUT2D eigenvalue weighted by molar-refractivity contribution is 5.91. The second kappa shape index (κ2) is 9.14. The SMILES string of the molecule is C=C1C(=O)O[C@@H]2C[C@H](COC(=O)/C(C)=C\C)CCC=C(CO)C[C@@H](O)[C@@H]12. The van der Waals surface area contributed by atoms with E-state index in [0.29, 0.717) is 18.4 Å². The average molecular weight is 364 g/mol. The van der Waals surface area contributed by atoms with Gasteiger partial charge in [-0.15, -0.1) is 0 Å². The molecule has 0 aromatic carbocycles. The number of esters is 2. The number of ether oxygens (including phenoxy) is 2. The Hall–Kier alpha value is -1.92. The highest BCUT2D eigenvalue weighted by Crippen LogP contribution is 2.37. The van der Waals surface area contributed by atoms with Gasteiger partial charge >= 0.3 is 11.9 Å². The third-order valence-electron chi connectivity index (χ3n) is 5.19. The molecule has 1 aliphatic carbocycles. The van der Waals surface area contributed by atoms with E-state index in [9.17, 15) is 19.8 Å². The molecule has 1 aliphatic heterocycles. The normalized spacial score (nSPS) is 30.3. The molecule has 26 heavy (non-hydrogen) atoms. The van der Waals surface area contributed by atoms with Crippen LogP contribution in [0.25, 0.3) is 0 Å². The summed E-state index contributed by atoms with van der Waals surface area (Å²) in [5.41, 5.74) is 1.54. The first-order valence-corrected chi connectivity index (χ1v) is 9.04. The fraction of sp³-hybridized carbons (Fsp3) is 0.600. The molecular formula is C20H28O6. The molecule has 6 nitrogen and oxygen atoms in total. The lowest BCUT2D eigenvalue weighted by molar-refractivity contribution is -0.144. The van der Waals surface area contributed by atoms with Crippen molar-refractivity contribution in [2.45, 2.75) is 51.7 Å². The standard InChI is InChI=1S/C20H28O6/c1-4-12(2)19(23)25-11-15-7-5-6-14(10-21)8-16(22)18-13(3)20(24)26-17(18)9-15/h4,6,15-18,21-22H,3,5,7-11H2,1-2H3/b12-4-,14-6?/t15-,16-,17-,18-/m1/s1. The topological polar surface area (TPSA) is 93.1 Å². The van der Waals surface area contributed by atoms with E-state index >= 15 is 0 Å². The molecular weight excluding hydrogens is 336 g/mol. The monoisotopic (exact) mass is 364 g/mol. The van der Waals surface area contributed by atoms with Crippen molar-refractivity contribution >= 4 is 11.9 Å². The minimum Gasteiger partial charge on any atom is -0.462 e. The van der Waals surface area contributed by atoms with Gasteiger partial charge in [0.05, 0.1) is 25.2 Å². The van der Waals surface area contributed by atoms with Gasteiger partial charge in [0.2, 0.25) is 0 Å². The van der Waals surface area contributed by atoms with Crippen LogP contribution in [0.3, 0.4) is 0 Å². The first-order valence-electron chi connectivity index (χ1n) is 9.04. The van der Waals surface area contributed by atoms with Crippen molar-refractivity contribution in [1.82, 2.24) is 0 Å². The van der Waals surface area contributed by atoms with Gasteiger partial charge in [-0.3, -0.25) is 0 Å². The van der Waals surface area contributed by atoms with Crippen LogP contribution in [-0.4, -0.2) is 47.6 Å². The third kappa shape index (κ3) is 4.83. The fourth-order valence-electron chi connectivity index (χ4n) is 3.48. The number of aliphatic hydroxyl groups is 2. The first kappa shape index (κ1) is 20.4. The Bertz CT molecular complexity index is 618. The van der Waals surface area contributed by atoms with E-state index < -0.39 is 24.1 Å². The molecule has 6 heteroatoms. The maximum absolute atomic E-state index is 11.9. The average Bonchev–Trinajstić information content (AvgIpc) is 2.90. The summed E-state index contributed by atoms with van der Waals surface area (Å²) in [5, 5.41) is 20.1. The second-order valence-electron chi connectivity index (χ2n) is 7.04. The van der Waals surface area contributed by atoms with Crippen LogP contribution < -0.4 is 0 Å². The predicted molar refractivity (Wildman–Crippen MR) is 96.0 cm³/mol. The third-order valence-corrected chi connectivity index (χ3v) is 5.19. The maximum Gasteiger partial charge on any atom is 0.334 e. The van der Waals surface area contributed by atoms with E-state index in [4.69, 9.17) is 9.47 Å². The van der Waals surface area contributed by atoms with Crippen LogP contribution >= 0.6 is 0 Å². The summed E-state index contributed by atoms with van der Waals surface area (Å²) in [7, 11) is 0. The summed E-state index contributed by atoms with van der Waals surface area (Å²) in [6.45, 7) is 7.32. The smallest absolute Gasteiger partial charge is 0.334 e. The van der Waals surface area contributed by atoms with Gasteiger partial charge in [0.25, 0.3) is 0 Å². The van der Waals surface area contributed by atoms with Crippen molar-refractivity contribution in [3.63, 3.8) is 0 Å². The number of aliphatic hydroxyl groups excluding tert-OH is 2. The van der Waals surface area contributed by atoms with Crippen molar-refractivity contribution in [3.8, 4) is 0 Å². The van der Waals surface area contributed by atoms with Crippen molar-refractivity contribution in [3.05, 3.63) is 35.5 Å². The molecule has 0 saturated carbocycles. The van der Waals surface area contributed by atoms with Crippen LogP contribution in [0.15, 0.2) is 35.5 Å².